The molecule has 2 rings (SSSR count). The van der Waals surface area contributed by atoms with Gasteiger partial charge >= 0.3 is 0 Å². The monoisotopic (exact) mass is 317 g/mol. The minimum Gasteiger partial charge on any atom is -0.378 e. The molecular formula is C13H20ClN3O2S. The number of hydrogen-bond acceptors (Lipinski definition) is 4. The molecule has 1 atom stereocenters. The van der Waals surface area contributed by atoms with Crippen LogP contribution in [-0.4, -0.2) is 32.0 Å². The number of hydrogen-bond donors (Lipinski definition) is 1. The number of halogens is 1. The van der Waals surface area contributed by atoms with E-state index in [1.54, 1.807) is 0 Å². The normalized spacial score (nSPS) is 16.7. The molecule has 20 heavy (non-hydrogen) atoms. The highest BCUT2D eigenvalue weighted by molar-refractivity contribution is 7.84. The van der Waals surface area contributed by atoms with E-state index >= 15 is 0 Å². The number of rotatable bonds is 7. The fourth-order valence-electron chi connectivity index (χ4n) is 2.11. The summed E-state index contributed by atoms with van der Waals surface area (Å²) in [7, 11) is -0.851. The van der Waals surface area contributed by atoms with Crippen LogP contribution in [0, 0.1) is 5.92 Å². The van der Waals surface area contributed by atoms with Gasteiger partial charge in [-0.3, -0.25) is 9.00 Å². The van der Waals surface area contributed by atoms with Crippen molar-refractivity contribution in [3.8, 4) is 0 Å². The lowest BCUT2D eigenvalue weighted by molar-refractivity contribution is 0.262. The average Bonchev–Trinajstić information content (AvgIpc) is 2.39. The molecule has 1 aliphatic carbocycles. The van der Waals surface area contributed by atoms with Gasteiger partial charge in [-0.25, -0.2) is 4.68 Å². The standard InChI is InChI=1S/C13H20ClN3O2S/c1-2-20(19)7-6-15-12-11(14)8-16-17(13(12)18)9-10-4-3-5-10/h8,10,15H,2-7,9H2,1H3. The largest absolute Gasteiger partial charge is 0.378 e. The van der Waals surface area contributed by atoms with Gasteiger partial charge < -0.3 is 5.32 Å². The van der Waals surface area contributed by atoms with Gasteiger partial charge in [0.1, 0.15) is 5.69 Å². The molecule has 1 fully saturated rings. The SMILES string of the molecule is CCS(=O)CCNc1c(Cl)cnn(CC2CCC2)c1=O. The van der Waals surface area contributed by atoms with Gasteiger partial charge in [0.2, 0.25) is 0 Å². The van der Waals surface area contributed by atoms with Gasteiger partial charge in [-0.05, 0) is 18.8 Å². The minimum atomic E-state index is -0.851. The first-order chi connectivity index (χ1) is 9.61. The van der Waals surface area contributed by atoms with Crippen LogP contribution >= 0.6 is 11.6 Å². The maximum atomic E-state index is 12.3. The van der Waals surface area contributed by atoms with Crippen LogP contribution in [0.1, 0.15) is 26.2 Å². The molecule has 1 aromatic rings. The molecule has 1 unspecified atom stereocenters. The van der Waals surface area contributed by atoms with Gasteiger partial charge in [-0.15, -0.1) is 0 Å². The molecule has 1 heterocycles. The van der Waals surface area contributed by atoms with Crippen LogP contribution in [0.2, 0.25) is 5.02 Å². The van der Waals surface area contributed by atoms with Crippen molar-refractivity contribution in [1.29, 1.82) is 0 Å². The molecular weight excluding hydrogens is 298 g/mol. The van der Waals surface area contributed by atoms with Crippen LogP contribution in [0.25, 0.3) is 0 Å². The Morgan fingerprint density at radius 1 is 1.55 bits per heavy atom. The zero-order chi connectivity index (χ0) is 14.5. The predicted molar refractivity (Wildman–Crippen MR) is 82.9 cm³/mol. The van der Waals surface area contributed by atoms with Crippen molar-refractivity contribution in [2.75, 3.05) is 23.4 Å². The number of aromatic nitrogens is 2. The van der Waals surface area contributed by atoms with E-state index in [0.29, 0.717) is 41.2 Å². The van der Waals surface area contributed by atoms with E-state index in [9.17, 15) is 9.00 Å². The first-order valence-corrected chi connectivity index (χ1v) is 8.83. The molecule has 1 N–H and O–H groups in total. The Balaban J connectivity index is 2.04. The highest BCUT2D eigenvalue weighted by atomic mass is 35.5. The Kier molecular flexibility index (Phi) is 5.60. The fraction of sp³-hybridized carbons (Fsp3) is 0.692. The second-order valence-electron chi connectivity index (χ2n) is 5.01. The molecule has 0 aromatic carbocycles. The highest BCUT2D eigenvalue weighted by Gasteiger charge is 2.20. The smallest absolute Gasteiger partial charge is 0.291 e. The van der Waals surface area contributed by atoms with E-state index < -0.39 is 10.8 Å². The van der Waals surface area contributed by atoms with Crippen molar-refractivity contribution in [3.63, 3.8) is 0 Å². The van der Waals surface area contributed by atoms with Crippen molar-refractivity contribution >= 4 is 28.1 Å². The molecule has 0 aliphatic heterocycles. The van der Waals surface area contributed by atoms with E-state index in [0.717, 1.165) is 12.8 Å². The molecule has 0 saturated heterocycles. The lowest BCUT2D eigenvalue weighted by atomic mass is 9.85. The molecule has 112 valence electrons. The van der Waals surface area contributed by atoms with E-state index in [1.165, 1.54) is 17.3 Å². The summed E-state index contributed by atoms with van der Waals surface area (Å²) in [6.07, 6.45) is 5.06. The van der Waals surface area contributed by atoms with Crippen molar-refractivity contribution in [2.24, 2.45) is 5.92 Å². The summed E-state index contributed by atoms with van der Waals surface area (Å²) >= 11 is 6.02. The molecule has 1 aliphatic rings. The van der Waals surface area contributed by atoms with Crippen LogP contribution in [0.15, 0.2) is 11.0 Å². The van der Waals surface area contributed by atoms with Crippen molar-refractivity contribution in [1.82, 2.24) is 9.78 Å². The minimum absolute atomic E-state index is 0.188. The lowest BCUT2D eigenvalue weighted by Gasteiger charge is -2.25. The van der Waals surface area contributed by atoms with E-state index in [4.69, 9.17) is 11.6 Å². The maximum Gasteiger partial charge on any atom is 0.291 e. The van der Waals surface area contributed by atoms with E-state index in [2.05, 4.69) is 10.4 Å². The summed E-state index contributed by atoms with van der Waals surface area (Å²) in [6.45, 7) is 3.01. The first-order valence-electron chi connectivity index (χ1n) is 6.96. The lowest BCUT2D eigenvalue weighted by Crippen LogP contribution is -2.31. The Hall–Kier alpha value is -0.880. The second-order valence-corrected chi connectivity index (χ2v) is 7.28. The first kappa shape index (κ1) is 15.5. The number of nitrogens with zero attached hydrogens (tertiary/aromatic N) is 2. The second kappa shape index (κ2) is 7.22. The zero-order valence-electron chi connectivity index (χ0n) is 11.6. The summed E-state index contributed by atoms with van der Waals surface area (Å²) in [5.74, 6) is 1.69. The summed E-state index contributed by atoms with van der Waals surface area (Å²) in [4.78, 5) is 12.3. The fourth-order valence-corrected chi connectivity index (χ4v) is 2.92. The summed E-state index contributed by atoms with van der Waals surface area (Å²) in [6, 6.07) is 0. The summed E-state index contributed by atoms with van der Waals surface area (Å²) < 4.78 is 12.9. The van der Waals surface area contributed by atoms with Crippen molar-refractivity contribution < 1.29 is 4.21 Å². The zero-order valence-corrected chi connectivity index (χ0v) is 13.2. The molecule has 7 heteroatoms. The molecule has 0 amide bonds. The van der Waals surface area contributed by atoms with Gasteiger partial charge in [-0.2, -0.15) is 5.10 Å². The third-order valence-corrected chi connectivity index (χ3v) is 5.20. The van der Waals surface area contributed by atoms with Gasteiger partial charge in [0.05, 0.1) is 11.2 Å². The van der Waals surface area contributed by atoms with E-state index in [-0.39, 0.29) is 5.56 Å². The van der Waals surface area contributed by atoms with Crippen LogP contribution in [0.4, 0.5) is 5.69 Å². The molecule has 1 saturated carbocycles. The summed E-state index contributed by atoms with van der Waals surface area (Å²) in [5.41, 5.74) is 0.181. The Morgan fingerprint density at radius 3 is 2.90 bits per heavy atom. The van der Waals surface area contributed by atoms with Gasteiger partial charge in [-0.1, -0.05) is 24.9 Å². The number of nitrogens with one attached hydrogen (secondary N) is 1. The quantitative estimate of drug-likeness (QED) is 0.834. The summed E-state index contributed by atoms with van der Waals surface area (Å²) in [5, 5.41) is 7.41. The van der Waals surface area contributed by atoms with Crippen LogP contribution in [-0.2, 0) is 17.3 Å². The van der Waals surface area contributed by atoms with Crippen molar-refractivity contribution in [3.05, 3.63) is 21.6 Å². The third kappa shape index (κ3) is 3.82. The Morgan fingerprint density at radius 2 is 2.30 bits per heavy atom. The van der Waals surface area contributed by atoms with Gasteiger partial charge in [0.15, 0.2) is 0 Å². The van der Waals surface area contributed by atoms with E-state index in [1.807, 2.05) is 6.92 Å². The average molecular weight is 318 g/mol. The number of anilines is 1. The molecule has 0 radical (unpaired) electrons. The predicted octanol–water partition coefficient (Wildman–Crippen LogP) is 1.88. The molecule has 0 spiro atoms. The van der Waals surface area contributed by atoms with Gasteiger partial charge in [0, 0.05) is 35.4 Å². The van der Waals surface area contributed by atoms with Crippen LogP contribution in [0.3, 0.4) is 0 Å². The molecule has 0 bridgehead atoms. The van der Waals surface area contributed by atoms with Crippen molar-refractivity contribution in [2.45, 2.75) is 32.7 Å². The highest BCUT2D eigenvalue weighted by Crippen LogP contribution is 2.27. The van der Waals surface area contributed by atoms with Crippen LogP contribution in [0.5, 0.6) is 0 Å². The molecule has 1 aromatic heterocycles. The topological polar surface area (TPSA) is 64.0 Å². The van der Waals surface area contributed by atoms with Gasteiger partial charge in [0.25, 0.3) is 5.56 Å². The Labute approximate surface area is 126 Å². The third-order valence-electron chi connectivity index (χ3n) is 3.61. The Bertz CT molecular complexity index is 543. The molecule has 5 nitrogen and oxygen atoms in total. The van der Waals surface area contributed by atoms with Crippen LogP contribution < -0.4 is 10.9 Å². The maximum absolute atomic E-state index is 12.3.